The van der Waals surface area contributed by atoms with Crippen molar-refractivity contribution >= 4 is 11.6 Å². The topological polar surface area (TPSA) is 9.23 Å². The Hall–Kier alpha value is -0.760. The fourth-order valence-corrected chi connectivity index (χ4v) is 3.04. The fourth-order valence-electron chi connectivity index (χ4n) is 2.84. The first-order valence-electron chi connectivity index (χ1n) is 5.81. The Morgan fingerprint density at radius 3 is 3.06 bits per heavy atom. The molecule has 0 radical (unpaired) electrons. The number of fused-ring (bicyclic) bond motifs is 1. The normalized spacial score (nSPS) is 32.5. The first kappa shape index (κ1) is 10.4. The molecule has 1 aromatic carbocycles. The molecule has 1 saturated carbocycles. The highest BCUT2D eigenvalue weighted by molar-refractivity contribution is 6.30. The van der Waals surface area contributed by atoms with Gasteiger partial charge in [0.1, 0.15) is 17.5 Å². The third-order valence-corrected chi connectivity index (χ3v) is 3.94. The van der Waals surface area contributed by atoms with Crippen LogP contribution in [0.3, 0.4) is 0 Å². The lowest BCUT2D eigenvalue weighted by molar-refractivity contribution is -0.0236. The molecule has 2 aliphatic rings. The van der Waals surface area contributed by atoms with Crippen LogP contribution in [0.15, 0.2) is 18.2 Å². The Bertz CT molecular complexity index is 420. The summed E-state index contributed by atoms with van der Waals surface area (Å²) < 4.78 is 19.9. The van der Waals surface area contributed by atoms with Crippen molar-refractivity contribution in [3.05, 3.63) is 28.8 Å². The molecule has 2 atom stereocenters. The quantitative estimate of drug-likeness (QED) is 0.668. The molecule has 0 N–H and O–H groups in total. The van der Waals surface area contributed by atoms with Crippen LogP contribution >= 0.6 is 11.6 Å². The zero-order valence-corrected chi connectivity index (χ0v) is 9.77. The smallest absolute Gasteiger partial charge is 0.144 e. The first-order chi connectivity index (χ1) is 7.70. The number of alkyl halides is 1. The van der Waals surface area contributed by atoms with Gasteiger partial charge in [0, 0.05) is 11.4 Å². The van der Waals surface area contributed by atoms with Crippen molar-refractivity contribution in [3.8, 4) is 5.75 Å². The number of ether oxygens (including phenoxy) is 1. The maximum atomic E-state index is 14.1. The van der Waals surface area contributed by atoms with E-state index in [4.69, 9.17) is 16.3 Å². The summed E-state index contributed by atoms with van der Waals surface area (Å²) >= 11 is 5.94. The van der Waals surface area contributed by atoms with Crippen LogP contribution in [-0.4, -0.2) is 11.8 Å². The van der Waals surface area contributed by atoms with Gasteiger partial charge < -0.3 is 4.74 Å². The molecule has 0 saturated heterocycles. The van der Waals surface area contributed by atoms with E-state index in [-0.39, 0.29) is 0 Å². The van der Waals surface area contributed by atoms with Gasteiger partial charge in [0.15, 0.2) is 0 Å². The van der Waals surface area contributed by atoms with Crippen LogP contribution in [0.2, 0.25) is 5.02 Å². The molecule has 3 rings (SSSR count). The van der Waals surface area contributed by atoms with Crippen LogP contribution in [0.1, 0.15) is 31.2 Å². The van der Waals surface area contributed by atoms with Gasteiger partial charge in [-0.3, -0.25) is 0 Å². The highest BCUT2D eigenvalue weighted by Crippen LogP contribution is 2.45. The molecule has 0 amide bonds. The van der Waals surface area contributed by atoms with Crippen molar-refractivity contribution in [2.24, 2.45) is 0 Å². The molecule has 0 bridgehead atoms. The van der Waals surface area contributed by atoms with E-state index in [1.807, 2.05) is 12.1 Å². The Balaban J connectivity index is 1.93. The fraction of sp³-hybridized carbons (Fsp3) is 0.538. The minimum absolute atomic E-state index is 0.592. The molecule has 1 aliphatic heterocycles. The van der Waals surface area contributed by atoms with Gasteiger partial charge in [-0.15, -0.1) is 0 Å². The largest absolute Gasteiger partial charge is 0.484 e. The second-order valence-corrected chi connectivity index (χ2v) is 5.25. The molecule has 0 aromatic heterocycles. The number of halogens is 2. The van der Waals surface area contributed by atoms with Gasteiger partial charge in [-0.25, -0.2) is 4.39 Å². The monoisotopic (exact) mass is 240 g/mol. The van der Waals surface area contributed by atoms with Crippen LogP contribution in [0.4, 0.5) is 4.39 Å². The van der Waals surface area contributed by atoms with Gasteiger partial charge >= 0.3 is 0 Å². The van der Waals surface area contributed by atoms with E-state index in [2.05, 4.69) is 0 Å². The van der Waals surface area contributed by atoms with Crippen LogP contribution in [-0.2, 0) is 6.42 Å². The van der Waals surface area contributed by atoms with Crippen LogP contribution in [0, 0.1) is 0 Å². The molecular formula is C13H14ClFO. The van der Waals surface area contributed by atoms with Crippen LogP contribution < -0.4 is 4.74 Å². The second-order valence-electron chi connectivity index (χ2n) is 4.81. The van der Waals surface area contributed by atoms with Crippen molar-refractivity contribution < 1.29 is 9.13 Å². The lowest BCUT2D eigenvalue weighted by Gasteiger charge is -2.35. The molecule has 3 heteroatoms. The van der Waals surface area contributed by atoms with Gasteiger partial charge in [-0.05, 0) is 43.0 Å². The zero-order chi connectivity index (χ0) is 11.2. The van der Waals surface area contributed by atoms with Crippen molar-refractivity contribution in [2.45, 2.75) is 43.9 Å². The maximum Gasteiger partial charge on any atom is 0.144 e. The van der Waals surface area contributed by atoms with Gasteiger partial charge in [0.05, 0.1) is 0 Å². The summed E-state index contributed by atoms with van der Waals surface area (Å²) in [5, 5.41) is 0.700. The lowest BCUT2D eigenvalue weighted by atomic mass is 9.80. The highest BCUT2D eigenvalue weighted by Gasteiger charge is 2.47. The third kappa shape index (κ3) is 1.51. The predicted molar refractivity (Wildman–Crippen MR) is 61.9 cm³/mol. The molecule has 1 spiro atoms. The van der Waals surface area contributed by atoms with E-state index >= 15 is 0 Å². The molecule has 1 fully saturated rings. The summed E-state index contributed by atoms with van der Waals surface area (Å²) in [6.45, 7) is 0. The summed E-state index contributed by atoms with van der Waals surface area (Å²) in [6.07, 6.45) is 3.31. The van der Waals surface area contributed by atoms with Crippen LogP contribution in [0.25, 0.3) is 0 Å². The molecule has 16 heavy (non-hydrogen) atoms. The van der Waals surface area contributed by atoms with E-state index in [1.165, 1.54) is 0 Å². The average molecular weight is 241 g/mol. The predicted octanol–water partition coefficient (Wildman–Crippen LogP) is 3.93. The van der Waals surface area contributed by atoms with Crippen molar-refractivity contribution in [2.75, 3.05) is 0 Å². The number of benzene rings is 1. The van der Waals surface area contributed by atoms with Crippen molar-refractivity contribution in [1.82, 2.24) is 0 Å². The highest BCUT2D eigenvalue weighted by atomic mass is 35.5. The zero-order valence-electron chi connectivity index (χ0n) is 9.01. The third-order valence-electron chi connectivity index (χ3n) is 3.70. The number of hydrogen-bond donors (Lipinski definition) is 0. The minimum Gasteiger partial charge on any atom is -0.484 e. The molecule has 1 nitrogen and oxygen atoms in total. The van der Waals surface area contributed by atoms with Gasteiger partial charge in [-0.1, -0.05) is 18.0 Å². The number of rotatable bonds is 0. The summed E-state index contributed by atoms with van der Waals surface area (Å²) in [5.74, 6) is 0.814. The molecule has 1 heterocycles. The maximum absolute atomic E-state index is 14.1. The SMILES string of the molecule is FC1CCCCC12Cc1cc(Cl)ccc1O2. The molecule has 2 unspecified atom stereocenters. The summed E-state index contributed by atoms with van der Waals surface area (Å²) in [5.41, 5.74) is 0.461. The van der Waals surface area contributed by atoms with E-state index in [0.717, 1.165) is 30.6 Å². The van der Waals surface area contributed by atoms with Gasteiger partial charge in [0.25, 0.3) is 0 Å². The summed E-state index contributed by atoms with van der Waals surface area (Å²) in [4.78, 5) is 0. The van der Waals surface area contributed by atoms with E-state index < -0.39 is 11.8 Å². The summed E-state index contributed by atoms with van der Waals surface area (Å²) in [6, 6.07) is 5.55. The Morgan fingerprint density at radius 1 is 1.38 bits per heavy atom. The van der Waals surface area contributed by atoms with Gasteiger partial charge in [-0.2, -0.15) is 0 Å². The molecule has 1 aromatic rings. The van der Waals surface area contributed by atoms with Crippen LogP contribution in [0.5, 0.6) is 5.75 Å². The lowest BCUT2D eigenvalue weighted by Crippen LogP contribution is -2.46. The Kier molecular flexibility index (Phi) is 2.36. The molecule has 1 aliphatic carbocycles. The molecule has 86 valence electrons. The minimum atomic E-state index is -0.840. The van der Waals surface area contributed by atoms with Crippen molar-refractivity contribution in [3.63, 3.8) is 0 Å². The average Bonchev–Trinajstić information content (AvgIpc) is 2.61. The van der Waals surface area contributed by atoms with Crippen molar-refractivity contribution in [1.29, 1.82) is 0 Å². The Morgan fingerprint density at radius 2 is 2.25 bits per heavy atom. The van der Waals surface area contributed by atoms with E-state index in [0.29, 0.717) is 17.9 Å². The number of hydrogen-bond acceptors (Lipinski definition) is 1. The Labute approximate surface area is 99.6 Å². The van der Waals surface area contributed by atoms with E-state index in [1.54, 1.807) is 6.07 Å². The molecular weight excluding hydrogens is 227 g/mol. The second kappa shape index (κ2) is 3.63. The first-order valence-corrected chi connectivity index (χ1v) is 6.19. The standard InChI is InChI=1S/C13H14ClFO/c14-10-4-5-11-9(7-10)8-13(16-11)6-2-1-3-12(13)15/h4-5,7,12H,1-3,6,8H2. The summed E-state index contributed by atoms with van der Waals surface area (Å²) in [7, 11) is 0. The van der Waals surface area contributed by atoms with E-state index in [9.17, 15) is 4.39 Å². The van der Waals surface area contributed by atoms with Gasteiger partial charge in [0.2, 0.25) is 0 Å².